The van der Waals surface area contributed by atoms with Crippen LogP contribution in [0.5, 0.6) is 0 Å². The number of nitrogens with zero attached hydrogens (tertiary/aromatic N) is 1. The van der Waals surface area contributed by atoms with Crippen LogP contribution in [0.2, 0.25) is 0 Å². The number of ether oxygens (including phenoxy) is 2. The zero-order valence-electron chi connectivity index (χ0n) is 39.0. The van der Waals surface area contributed by atoms with Crippen molar-refractivity contribution in [2.24, 2.45) is 17.8 Å². The standard InChI is InChI=1S/C51H100N2O4/c1-5-9-13-17-19-27-35-48(33-25-15-11-7-3)50(54)56-45-31-23-21-29-42-53(44-39-47-37-40-52-41-38-47)43-30-22-24-32-46-57-51(55)49(34-26-16-12-8-4)36-28-20-18-14-10-6-2/h47-49,52H,5-46H2,1-4H3. The topological polar surface area (TPSA) is 67.9 Å². The average Bonchev–Trinajstić information content (AvgIpc) is 3.22. The van der Waals surface area contributed by atoms with E-state index in [1.54, 1.807) is 0 Å². The van der Waals surface area contributed by atoms with E-state index < -0.39 is 0 Å². The minimum atomic E-state index is 0.0767. The average molecular weight is 805 g/mol. The molecule has 0 amide bonds. The molecule has 6 heteroatoms. The second-order valence-electron chi connectivity index (χ2n) is 18.2. The van der Waals surface area contributed by atoms with E-state index in [0.717, 1.165) is 70.1 Å². The van der Waals surface area contributed by atoms with E-state index in [1.807, 2.05) is 0 Å². The summed E-state index contributed by atoms with van der Waals surface area (Å²) in [5.41, 5.74) is 0. The Labute approximate surface area is 356 Å². The molecule has 0 aromatic rings. The molecule has 0 bridgehead atoms. The Morgan fingerprint density at radius 2 is 0.789 bits per heavy atom. The lowest BCUT2D eigenvalue weighted by molar-refractivity contribution is -0.150. The van der Waals surface area contributed by atoms with Crippen LogP contribution < -0.4 is 5.32 Å². The Kier molecular flexibility index (Phi) is 39.3. The molecule has 1 heterocycles. The highest BCUT2D eigenvalue weighted by atomic mass is 16.5. The van der Waals surface area contributed by atoms with E-state index in [0.29, 0.717) is 13.2 Å². The zero-order chi connectivity index (χ0) is 41.3. The molecule has 2 unspecified atom stereocenters. The number of esters is 2. The lowest BCUT2D eigenvalue weighted by atomic mass is 9.94. The number of carbonyl (C=O) groups excluding carboxylic acids is 2. The number of unbranched alkanes of at least 4 members (excludes halogenated alkanes) is 22. The van der Waals surface area contributed by atoms with Gasteiger partial charge in [-0.2, -0.15) is 0 Å². The summed E-state index contributed by atoms with van der Waals surface area (Å²) in [6.45, 7) is 16.2. The maximum absolute atomic E-state index is 13.1. The Hall–Kier alpha value is -1.14. The van der Waals surface area contributed by atoms with Gasteiger partial charge in [0.15, 0.2) is 0 Å². The molecule has 1 aliphatic rings. The van der Waals surface area contributed by atoms with Crippen molar-refractivity contribution in [1.82, 2.24) is 10.2 Å². The van der Waals surface area contributed by atoms with Crippen molar-refractivity contribution in [3.63, 3.8) is 0 Å². The summed E-state index contributed by atoms with van der Waals surface area (Å²) in [4.78, 5) is 28.9. The second kappa shape index (κ2) is 41.6. The van der Waals surface area contributed by atoms with Gasteiger partial charge in [0.05, 0.1) is 25.0 Å². The van der Waals surface area contributed by atoms with Crippen LogP contribution in [0.15, 0.2) is 0 Å². The van der Waals surface area contributed by atoms with E-state index in [1.165, 1.54) is 193 Å². The summed E-state index contributed by atoms with van der Waals surface area (Å²) in [5.74, 6) is 1.23. The van der Waals surface area contributed by atoms with Gasteiger partial charge < -0.3 is 19.7 Å². The summed E-state index contributed by atoms with van der Waals surface area (Å²) in [6.07, 6.45) is 42.3. The molecule has 6 nitrogen and oxygen atoms in total. The van der Waals surface area contributed by atoms with Gasteiger partial charge in [0, 0.05) is 0 Å². The highest BCUT2D eigenvalue weighted by Crippen LogP contribution is 2.23. The molecule has 2 atom stereocenters. The molecular formula is C51H100N2O4. The lowest BCUT2D eigenvalue weighted by Gasteiger charge is -2.27. The smallest absolute Gasteiger partial charge is 0.308 e. The third kappa shape index (κ3) is 33.3. The normalized spacial score (nSPS) is 14.6. The summed E-state index contributed by atoms with van der Waals surface area (Å²) in [6, 6.07) is 0. The molecule has 0 saturated carbocycles. The van der Waals surface area contributed by atoms with E-state index in [-0.39, 0.29) is 23.8 Å². The first-order valence-electron chi connectivity index (χ1n) is 25.8. The largest absolute Gasteiger partial charge is 0.465 e. The van der Waals surface area contributed by atoms with Crippen LogP contribution in [-0.4, -0.2) is 62.8 Å². The van der Waals surface area contributed by atoms with Crippen molar-refractivity contribution in [2.45, 2.75) is 252 Å². The van der Waals surface area contributed by atoms with E-state index >= 15 is 0 Å². The first-order valence-corrected chi connectivity index (χ1v) is 25.8. The Balaban J connectivity index is 2.38. The fraction of sp³-hybridized carbons (Fsp3) is 0.961. The van der Waals surface area contributed by atoms with Crippen molar-refractivity contribution in [3.05, 3.63) is 0 Å². The predicted octanol–water partition coefficient (Wildman–Crippen LogP) is 14.6. The predicted molar refractivity (Wildman–Crippen MR) is 246 cm³/mol. The van der Waals surface area contributed by atoms with Gasteiger partial charge in [-0.15, -0.1) is 0 Å². The molecule has 338 valence electrons. The van der Waals surface area contributed by atoms with Gasteiger partial charge in [-0.3, -0.25) is 9.59 Å². The van der Waals surface area contributed by atoms with Gasteiger partial charge in [-0.25, -0.2) is 0 Å². The summed E-state index contributed by atoms with van der Waals surface area (Å²) < 4.78 is 11.8. The van der Waals surface area contributed by atoms with Crippen molar-refractivity contribution in [3.8, 4) is 0 Å². The van der Waals surface area contributed by atoms with Gasteiger partial charge in [0.1, 0.15) is 0 Å². The molecule has 0 radical (unpaired) electrons. The van der Waals surface area contributed by atoms with Crippen molar-refractivity contribution >= 4 is 11.9 Å². The van der Waals surface area contributed by atoms with E-state index in [2.05, 4.69) is 37.9 Å². The first-order chi connectivity index (χ1) is 28.0. The second-order valence-corrected chi connectivity index (χ2v) is 18.2. The Morgan fingerprint density at radius 1 is 0.456 bits per heavy atom. The van der Waals surface area contributed by atoms with E-state index in [4.69, 9.17) is 9.47 Å². The molecular weight excluding hydrogens is 705 g/mol. The first kappa shape index (κ1) is 53.9. The van der Waals surface area contributed by atoms with Gasteiger partial charge in [-0.05, 0) is 109 Å². The highest BCUT2D eigenvalue weighted by molar-refractivity contribution is 5.72. The minimum Gasteiger partial charge on any atom is -0.465 e. The van der Waals surface area contributed by atoms with Crippen LogP contribution in [0.1, 0.15) is 252 Å². The zero-order valence-corrected chi connectivity index (χ0v) is 39.0. The van der Waals surface area contributed by atoms with Crippen molar-refractivity contribution < 1.29 is 19.1 Å². The number of hydrogen-bond acceptors (Lipinski definition) is 6. The van der Waals surface area contributed by atoms with Crippen LogP contribution in [0.4, 0.5) is 0 Å². The fourth-order valence-corrected chi connectivity index (χ4v) is 8.77. The van der Waals surface area contributed by atoms with Gasteiger partial charge >= 0.3 is 11.9 Å². The lowest BCUT2D eigenvalue weighted by Crippen LogP contribution is -2.32. The number of nitrogens with one attached hydrogen (secondary N) is 1. The molecule has 0 aromatic carbocycles. The third-order valence-electron chi connectivity index (χ3n) is 12.8. The Morgan fingerprint density at radius 3 is 1.19 bits per heavy atom. The van der Waals surface area contributed by atoms with Crippen LogP contribution in [0.25, 0.3) is 0 Å². The molecule has 0 aliphatic carbocycles. The van der Waals surface area contributed by atoms with Crippen LogP contribution in [-0.2, 0) is 19.1 Å². The molecule has 1 N–H and O–H groups in total. The minimum absolute atomic E-state index is 0.0767. The number of piperidine rings is 1. The van der Waals surface area contributed by atoms with Gasteiger partial charge in [-0.1, -0.05) is 182 Å². The van der Waals surface area contributed by atoms with Crippen LogP contribution >= 0.6 is 0 Å². The molecule has 57 heavy (non-hydrogen) atoms. The number of rotatable bonds is 43. The van der Waals surface area contributed by atoms with Crippen LogP contribution in [0.3, 0.4) is 0 Å². The van der Waals surface area contributed by atoms with Gasteiger partial charge in [0.2, 0.25) is 0 Å². The molecule has 1 saturated heterocycles. The maximum Gasteiger partial charge on any atom is 0.308 e. The molecule has 1 rings (SSSR count). The van der Waals surface area contributed by atoms with Crippen LogP contribution in [0, 0.1) is 17.8 Å². The SMILES string of the molecule is CCCCCCCCC(CCCCCC)C(=O)OCCCCCCN(CCCCCCOC(=O)C(CCCCCC)CCCCCCCC)CCC1CCNCC1. The monoisotopic (exact) mass is 805 g/mol. The molecule has 1 fully saturated rings. The highest BCUT2D eigenvalue weighted by Gasteiger charge is 2.21. The third-order valence-corrected chi connectivity index (χ3v) is 12.8. The summed E-state index contributed by atoms with van der Waals surface area (Å²) in [7, 11) is 0. The molecule has 0 aromatic heterocycles. The fourth-order valence-electron chi connectivity index (χ4n) is 8.77. The van der Waals surface area contributed by atoms with Gasteiger partial charge in [0.25, 0.3) is 0 Å². The van der Waals surface area contributed by atoms with Crippen molar-refractivity contribution in [1.29, 1.82) is 0 Å². The molecule has 0 spiro atoms. The number of carbonyl (C=O) groups is 2. The maximum atomic E-state index is 13.1. The van der Waals surface area contributed by atoms with Crippen molar-refractivity contribution in [2.75, 3.05) is 45.9 Å². The molecule has 1 aliphatic heterocycles. The summed E-state index contributed by atoms with van der Waals surface area (Å²) >= 11 is 0. The summed E-state index contributed by atoms with van der Waals surface area (Å²) in [5, 5.41) is 3.53. The number of hydrogen-bond donors (Lipinski definition) is 1. The quantitative estimate of drug-likeness (QED) is 0.0489. The van der Waals surface area contributed by atoms with E-state index in [9.17, 15) is 9.59 Å². The Bertz CT molecular complexity index is 804.